The van der Waals surface area contributed by atoms with E-state index in [1.54, 1.807) is 18.3 Å². The molecular formula is C11H14BrN3O. The van der Waals surface area contributed by atoms with E-state index in [1.165, 1.54) is 0 Å². The van der Waals surface area contributed by atoms with Crippen molar-refractivity contribution >= 4 is 27.7 Å². The van der Waals surface area contributed by atoms with Gasteiger partial charge in [-0.05, 0) is 12.1 Å². The Balaban J connectivity index is 2.66. The molecule has 1 heterocycles. The molecule has 1 aromatic heterocycles. The van der Waals surface area contributed by atoms with E-state index >= 15 is 0 Å². The van der Waals surface area contributed by atoms with Gasteiger partial charge in [0.1, 0.15) is 5.82 Å². The minimum Gasteiger partial charge on any atom is -0.363 e. The van der Waals surface area contributed by atoms with Gasteiger partial charge in [-0.2, -0.15) is 0 Å². The van der Waals surface area contributed by atoms with Crippen molar-refractivity contribution in [2.45, 2.75) is 0 Å². The van der Waals surface area contributed by atoms with Gasteiger partial charge in [0.05, 0.1) is 5.56 Å². The molecule has 0 fully saturated rings. The molecule has 0 unspecified atom stereocenters. The van der Waals surface area contributed by atoms with E-state index in [4.69, 9.17) is 0 Å². The molecule has 0 saturated heterocycles. The molecule has 1 rings (SSSR count). The Morgan fingerprint density at radius 2 is 2.25 bits per heavy atom. The van der Waals surface area contributed by atoms with Crippen molar-refractivity contribution in [2.75, 3.05) is 25.5 Å². The Kier molecular flexibility index (Phi) is 4.49. The number of amides is 1. The first-order valence-electron chi connectivity index (χ1n) is 4.75. The number of aromatic nitrogens is 1. The number of carbonyl (C=O) groups is 1. The molecular weight excluding hydrogens is 270 g/mol. The van der Waals surface area contributed by atoms with Gasteiger partial charge < -0.3 is 10.2 Å². The topological polar surface area (TPSA) is 45.2 Å². The number of carbonyl (C=O) groups excluding carboxylic acids is 1. The number of nitrogens with zero attached hydrogens (tertiary/aromatic N) is 2. The van der Waals surface area contributed by atoms with E-state index in [1.807, 2.05) is 19.0 Å². The first-order chi connectivity index (χ1) is 7.50. The summed E-state index contributed by atoms with van der Waals surface area (Å²) in [7, 11) is 3.80. The number of nitrogens with one attached hydrogen (secondary N) is 1. The number of anilines is 1. The van der Waals surface area contributed by atoms with Gasteiger partial charge in [-0.15, -0.1) is 0 Å². The molecule has 0 atom stereocenters. The van der Waals surface area contributed by atoms with E-state index in [9.17, 15) is 4.79 Å². The fourth-order valence-corrected chi connectivity index (χ4v) is 1.20. The van der Waals surface area contributed by atoms with Crippen LogP contribution in [0, 0.1) is 0 Å². The molecule has 0 bridgehead atoms. The number of pyridine rings is 1. The highest BCUT2D eigenvalue weighted by molar-refractivity contribution is 9.11. The van der Waals surface area contributed by atoms with Crippen LogP contribution in [0.3, 0.4) is 0 Å². The van der Waals surface area contributed by atoms with E-state index in [-0.39, 0.29) is 5.91 Å². The lowest BCUT2D eigenvalue weighted by Crippen LogP contribution is -2.24. The molecule has 0 saturated carbocycles. The lowest BCUT2D eigenvalue weighted by atomic mass is 10.2. The molecule has 0 aliphatic heterocycles. The van der Waals surface area contributed by atoms with Crippen molar-refractivity contribution in [1.29, 1.82) is 0 Å². The summed E-state index contributed by atoms with van der Waals surface area (Å²) in [5.41, 5.74) is 0.541. The van der Waals surface area contributed by atoms with Crippen molar-refractivity contribution in [1.82, 2.24) is 10.3 Å². The Morgan fingerprint density at radius 3 is 2.69 bits per heavy atom. The SMILES string of the molecule is C=C(Br)CNC(=O)c1ccc(N(C)C)nc1. The van der Waals surface area contributed by atoms with Gasteiger partial charge >= 0.3 is 0 Å². The summed E-state index contributed by atoms with van der Waals surface area (Å²) in [6.45, 7) is 4.05. The fourth-order valence-electron chi connectivity index (χ4n) is 1.06. The van der Waals surface area contributed by atoms with Gasteiger partial charge in [-0.25, -0.2) is 4.98 Å². The van der Waals surface area contributed by atoms with Crippen LogP contribution in [0.15, 0.2) is 29.4 Å². The van der Waals surface area contributed by atoms with Gasteiger partial charge in [0.2, 0.25) is 0 Å². The smallest absolute Gasteiger partial charge is 0.253 e. The Bertz CT molecular complexity index is 387. The molecule has 0 aliphatic carbocycles. The number of hydrogen-bond acceptors (Lipinski definition) is 3. The molecule has 4 nitrogen and oxygen atoms in total. The highest BCUT2D eigenvalue weighted by Crippen LogP contribution is 2.07. The average Bonchev–Trinajstić information content (AvgIpc) is 2.26. The molecule has 1 N–H and O–H groups in total. The monoisotopic (exact) mass is 283 g/mol. The normalized spacial score (nSPS) is 9.69. The van der Waals surface area contributed by atoms with Crippen LogP contribution < -0.4 is 10.2 Å². The number of rotatable bonds is 4. The van der Waals surface area contributed by atoms with E-state index in [0.717, 1.165) is 10.3 Å². The van der Waals surface area contributed by atoms with Gasteiger partial charge in [-0.1, -0.05) is 22.5 Å². The molecule has 0 spiro atoms. The highest BCUT2D eigenvalue weighted by Gasteiger charge is 2.06. The number of hydrogen-bond donors (Lipinski definition) is 1. The molecule has 1 aromatic rings. The van der Waals surface area contributed by atoms with Crippen LogP contribution in [0.1, 0.15) is 10.4 Å². The first-order valence-corrected chi connectivity index (χ1v) is 5.55. The summed E-state index contributed by atoms with van der Waals surface area (Å²) in [6, 6.07) is 3.55. The lowest BCUT2D eigenvalue weighted by molar-refractivity contribution is 0.0957. The first kappa shape index (κ1) is 12.7. The minimum atomic E-state index is -0.154. The van der Waals surface area contributed by atoms with E-state index in [0.29, 0.717) is 12.1 Å². The summed E-state index contributed by atoms with van der Waals surface area (Å²) in [5.74, 6) is 0.667. The van der Waals surface area contributed by atoms with Crippen molar-refractivity contribution in [3.05, 3.63) is 35.0 Å². The van der Waals surface area contributed by atoms with Gasteiger partial charge in [-0.3, -0.25) is 4.79 Å². The molecule has 1 amide bonds. The quantitative estimate of drug-likeness (QED) is 0.916. The zero-order valence-electron chi connectivity index (χ0n) is 9.33. The Labute approximate surface area is 103 Å². The van der Waals surface area contributed by atoms with Crippen LogP contribution in [0.4, 0.5) is 5.82 Å². The molecule has 16 heavy (non-hydrogen) atoms. The number of halogens is 1. The van der Waals surface area contributed by atoms with Gasteiger partial charge in [0, 0.05) is 31.3 Å². The van der Waals surface area contributed by atoms with E-state index in [2.05, 4.69) is 32.8 Å². The van der Waals surface area contributed by atoms with Crippen LogP contribution in [0.2, 0.25) is 0 Å². The summed E-state index contributed by atoms with van der Waals surface area (Å²) < 4.78 is 0.735. The Hall–Kier alpha value is -1.36. The largest absolute Gasteiger partial charge is 0.363 e. The Morgan fingerprint density at radius 1 is 1.56 bits per heavy atom. The second-order valence-electron chi connectivity index (χ2n) is 3.50. The fraction of sp³-hybridized carbons (Fsp3) is 0.273. The van der Waals surface area contributed by atoms with Gasteiger partial charge in [0.15, 0.2) is 0 Å². The van der Waals surface area contributed by atoms with Crippen molar-refractivity contribution in [2.24, 2.45) is 0 Å². The van der Waals surface area contributed by atoms with Crippen molar-refractivity contribution in [3.63, 3.8) is 0 Å². The third-order valence-electron chi connectivity index (χ3n) is 1.91. The van der Waals surface area contributed by atoms with Crippen LogP contribution in [-0.4, -0.2) is 31.5 Å². The van der Waals surface area contributed by atoms with Gasteiger partial charge in [0.25, 0.3) is 5.91 Å². The predicted octanol–water partition coefficient (Wildman–Crippen LogP) is 1.79. The molecule has 0 aliphatic rings. The lowest BCUT2D eigenvalue weighted by Gasteiger charge is -2.11. The molecule has 0 radical (unpaired) electrons. The van der Waals surface area contributed by atoms with E-state index < -0.39 is 0 Å². The molecule has 5 heteroatoms. The predicted molar refractivity (Wildman–Crippen MR) is 69.0 cm³/mol. The van der Waals surface area contributed by atoms with Crippen molar-refractivity contribution in [3.8, 4) is 0 Å². The second kappa shape index (κ2) is 5.65. The summed E-state index contributed by atoms with van der Waals surface area (Å²) in [4.78, 5) is 17.6. The third-order valence-corrected chi connectivity index (χ3v) is 2.19. The zero-order chi connectivity index (χ0) is 12.1. The summed E-state index contributed by atoms with van der Waals surface area (Å²) in [6.07, 6.45) is 1.56. The van der Waals surface area contributed by atoms with Crippen LogP contribution in [0.25, 0.3) is 0 Å². The maximum Gasteiger partial charge on any atom is 0.253 e. The summed E-state index contributed by atoms with van der Waals surface area (Å²) in [5, 5.41) is 2.71. The third kappa shape index (κ3) is 3.66. The average molecular weight is 284 g/mol. The second-order valence-corrected chi connectivity index (χ2v) is 4.62. The molecule has 86 valence electrons. The maximum atomic E-state index is 11.6. The maximum absolute atomic E-state index is 11.6. The van der Waals surface area contributed by atoms with Crippen LogP contribution >= 0.6 is 15.9 Å². The standard InChI is InChI=1S/C11H14BrN3O/c1-8(12)6-14-11(16)9-4-5-10(13-7-9)15(2)3/h4-5,7H,1,6H2,2-3H3,(H,14,16). The summed E-state index contributed by atoms with van der Waals surface area (Å²) >= 11 is 3.17. The highest BCUT2D eigenvalue weighted by atomic mass is 79.9. The van der Waals surface area contributed by atoms with Crippen LogP contribution in [-0.2, 0) is 0 Å². The molecule has 0 aromatic carbocycles. The van der Waals surface area contributed by atoms with Crippen LogP contribution in [0.5, 0.6) is 0 Å². The zero-order valence-corrected chi connectivity index (χ0v) is 10.9. The minimum absolute atomic E-state index is 0.154. The van der Waals surface area contributed by atoms with Crippen molar-refractivity contribution < 1.29 is 4.79 Å².